The molecule has 2 amide bonds. The van der Waals surface area contributed by atoms with E-state index in [0.29, 0.717) is 16.9 Å². The van der Waals surface area contributed by atoms with Crippen LogP contribution in [-0.4, -0.2) is 21.6 Å². The van der Waals surface area contributed by atoms with E-state index in [0.717, 1.165) is 17.0 Å². The molecule has 0 atom stereocenters. The zero-order valence-electron chi connectivity index (χ0n) is 15.9. The molecule has 1 heterocycles. The molecular formula is C21H21FN4O2. The van der Waals surface area contributed by atoms with E-state index in [1.807, 2.05) is 20.9 Å². The molecule has 0 aliphatic carbocycles. The van der Waals surface area contributed by atoms with E-state index in [4.69, 9.17) is 0 Å². The highest BCUT2D eigenvalue weighted by atomic mass is 19.1. The zero-order valence-corrected chi connectivity index (χ0v) is 15.9. The largest absolute Gasteiger partial charge is 0.325 e. The third kappa shape index (κ3) is 4.25. The van der Waals surface area contributed by atoms with Gasteiger partial charge in [-0.15, -0.1) is 0 Å². The van der Waals surface area contributed by atoms with Crippen LogP contribution in [0.3, 0.4) is 0 Å². The number of nitrogens with zero attached hydrogens (tertiary/aromatic N) is 2. The van der Waals surface area contributed by atoms with Crippen LogP contribution < -0.4 is 10.6 Å². The van der Waals surface area contributed by atoms with Gasteiger partial charge in [-0.2, -0.15) is 5.10 Å². The Morgan fingerprint density at radius 2 is 1.71 bits per heavy atom. The Labute approximate surface area is 162 Å². The summed E-state index contributed by atoms with van der Waals surface area (Å²) in [5.41, 5.74) is 3.79. The van der Waals surface area contributed by atoms with Gasteiger partial charge in [0.2, 0.25) is 5.91 Å². The van der Waals surface area contributed by atoms with Crippen molar-refractivity contribution < 1.29 is 14.0 Å². The van der Waals surface area contributed by atoms with Crippen molar-refractivity contribution in [3.8, 4) is 0 Å². The third-order valence-electron chi connectivity index (χ3n) is 4.54. The molecule has 0 fully saturated rings. The van der Waals surface area contributed by atoms with Crippen molar-refractivity contribution >= 4 is 23.2 Å². The molecule has 1 aromatic heterocycles. The Morgan fingerprint density at radius 1 is 1.04 bits per heavy atom. The molecule has 0 aliphatic rings. The van der Waals surface area contributed by atoms with Crippen LogP contribution in [0.5, 0.6) is 0 Å². The molecule has 3 aromatic rings. The first-order chi connectivity index (χ1) is 13.3. The normalized spacial score (nSPS) is 10.6. The molecule has 0 saturated heterocycles. The number of halogens is 1. The summed E-state index contributed by atoms with van der Waals surface area (Å²) in [4.78, 5) is 25.1. The maximum absolute atomic E-state index is 13.0. The number of aromatic nitrogens is 2. The number of hydrogen-bond acceptors (Lipinski definition) is 3. The van der Waals surface area contributed by atoms with Crippen molar-refractivity contribution in [3.63, 3.8) is 0 Å². The Bertz CT molecular complexity index is 1030. The second kappa shape index (κ2) is 8.04. The van der Waals surface area contributed by atoms with Crippen molar-refractivity contribution in [2.24, 2.45) is 7.05 Å². The number of carbonyl (C=O) groups excluding carboxylic acids is 2. The first kappa shape index (κ1) is 19.3. The maximum Gasteiger partial charge on any atom is 0.257 e. The molecule has 3 rings (SSSR count). The van der Waals surface area contributed by atoms with Gasteiger partial charge in [-0.25, -0.2) is 4.39 Å². The van der Waals surface area contributed by atoms with Crippen LogP contribution in [0.25, 0.3) is 0 Å². The summed E-state index contributed by atoms with van der Waals surface area (Å²) >= 11 is 0. The summed E-state index contributed by atoms with van der Waals surface area (Å²) in [5.74, 6) is -1.01. The van der Waals surface area contributed by atoms with Gasteiger partial charge in [0, 0.05) is 24.0 Å². The van der Waals surface area contributed by atoms with Crippen molar-refractivity contribution in [3.05, 3.63) is 76.9 Å². The number of carbonyl (C=O) groups is 2. The monoisotopic (exact) mass is 380 g/mol. The van der Waals surface area contributed by atoms with Gasteiger partial charge in [-0.05, 0) is 50.2 Å². The maximum atomic E-state index is 13.0. The van der Waals surface area contributed by atoms with Crippen molar-refractivity contribution in [2.45, 2.75) is 20.3 Å². The minimum absolute atomic E-state index is 0.166. The van der Waals surface area contributed by atoms with Gasteiger partial charge in [-0.3, -0.25) is 14.3 Å². The first-order valence-corrected chi connectivity index (χ1v) is 8.80. The summed E-state index contributed by atoms with van der Waals surface area (Å²) in [5, 5.41) is 9.82. The van der Waals surface area contributed by atoms with Crippen LogP contribution in [0.15, 0.2) is 48.5 Å². The van der Waals surface area contributed by atoms with Crippen LogP contribution >= 0.6 is 0 Å². The topological polar surface area (TPSA) is 76.0 Å². The molecule has 7 heteroatoms. The summed E-state index contributed by atoms with van der Waals surface area (Å²) in [6, 6.07) is 12.2. The van der Waals surface area contributed by atoms with Crippen LogP contribution in [0, 0.1) is 19.7 Å². The van der Waals surface area contributed by atoms with Crippen LogP contribution in [0.1, 0.15) is 27.3 Å². The van der Waals surface area contributed by atoms with Gasteiger partial charge in [0.15, 0.2) is 0 Å². The van der Waals surface area contributed by atoms with Gasteiger partial charge in [0.05, 0.1) is 23.4 Å². The van der Waals surface area contributed by atoms with E-state index in [1.54, 1.807) is 28.9 Å². The SMILES string of the molecule is Cc1nn(C)c(C)c1CC(=O)Nc1ccccc1C(=O)Nc1ccc(F)cc1. The summed E-state index contributed by atoms with van der Waals surface area (Å²) < 4.78 is 14.8. The first-order valence-electron chi connectivity index (χ1n) is 8.80. The molecule has 0 aliphatic heterocycles. The van der Waals surface area contributed by atoms with Crippen LogP contribution in [0.2, 0.25) is 0 Å². The van der Waals surface area contributed by atoms with Crippen molar-refractivity contribution in [1.29, 1.82) is 0 Å². The molecule has 0 saturated carbocycles. The average molecular weight is 380 g/mol. The van der Waals surface area contributed by atoms with E-state index in [-0.39, 0.29) is 18.1 Å². The smallest absolute Gasteiger partial charge is 0.257 e. The van der Waals surface area contributed by atoms with E-state index < -0.39 is 5.91 Å². The van der Waals surface area contributed by atoms with Crippen molar-refractivity contribution in [1.82, 2.24) is 9.78 Å². The number of hydrogen-bond donors (Lipinski definition) is 2. The molecule has 0 bridgehead atoms. The van der Waals surface area contributed by atoms with Crippen LogP contribution in [0.4, 0.5) is 15.8 Å². The zero-order chi connectivity index (χ0) is 20.3. The lowest BCUT2D eigenvalue weighted by molar-refractivity contribution is -0.115. The molecule has 6 nitrogen and oxygen atoms in total. The highest BCUT2D eigenvalue weighted by Gasteiger charge is 2.17. The van der Waals surface area contributed by atoms with Crippen LogP contribution in [-0.2, 0) is 18.3 Å². The number of aryl methyl sites for hydroxylation is 2. The lowest BCUT2D eigenvalue weighted by Crippen LogP contribution is -2.19. The molecule has 2 aromatic carbocycles. The van der Waals surface area contributed by atoms with Gasteiger partial charge < -0.3 is 10.6 Å². The minimum Gasteiger partial charge on any atom is -0.325 e. The highest BCUT2D eigenvalue weighted by Crippen LogP contribution is 2.19. The number of amides is 2. The molecule has 0 radical (unpaired) electrons. The number of rotatable bonds is 5. The Morgan fingerprint density at radius 3 is 2.36 bits per heavy atom. The second-order valence-corrected chi connectivity index (χ2v) is 6.50. The minimum atomic E-state index is -0.392. The molecule has 144 valence electrons. The number of nitrogens with one attached hydrogen (secondary N) is 2. The quantitative estimate of drug-likeness (QED) is 0.710. The highest BCUT2D eigenvalue weighted by molar-refractivity contribution is 6.10. The fraction of sp³-hybridized carbons (Fsp3) is 0.190. The molecular weight excluding hydrogens is 359 g/mol. The molecule has 0 spiro atoms. The molecule has 28 heavy (non-hydrogen) atoms. The lowest BCUT2D eigenvalue weighted by Gasteiger charge is -2.12. The van der Waals surface area contributed by atoms with Crippen molar-refractivity contribution in [2.75, 3.05) is 10.6 Å². The fourth-order valence-corrected chi connectivity index (χ4v) is 2.95. The standard InChI is InChI=1S/C21H21FN4O2/c1-13-18(14(2)26(3)25-13)12-20(27)24-19-7-5-4-6-17(19)21(28)23-16-10-8-15(22)9-11-16/h4-11H,12H2,1-3H3,(H,23,28)(H,24,27). The number of anilines is 2. The second-order valence-electron chi connectivity index (χ2n) is 6.50. The fourth-order valence-electron chi connectivity index (χ4n) is 2.95. The van der Waals surface area contributed by atoms with Gasteiger partial charge >= 0.3 is 0 Å². The van der Waals surface area contributed by atoms with Gasteiger partial charge in [0.25, 0.3) is 5.91 Å². The summed E-state index contributed by atoms with van der Waals surface area (Å²) in [6.07, 6.45) is 0.166. The van der Waals surface area contributed by atoms with E-state index in [1.165, 1.54) is 24.3 Å². The lowest BCUT2D eigenvalue weighted by atomic mass is 10.1. The number of para-hydroxylation sites is 1. The predicted molar refractivity (Wildman–Crippen MR) is 106 cm³/mol. The third-order valence-corrected chi connectivity index (χ3v) is 4.54. The molecule has 2 N–H and O–H groups in total. The summed E-state index contributed by atoms with van der Waals surface area (Å²) in [7, 11) is 1.83. The Balaban J connectivity index is 1.75. The Kier molecular flexibility index (Phi) is 5.54. The predicted octanol–water partition coefficient (Wildman–Crippen LogP) is 3.61. The van der Waals surface area contributed by atoms with E-state index in [9.17, 15) is 14.0 Å². The van der Waals surface area contributed by atoms with E-state index >= 15 is 0 Å². The molecule has 0 unspecified atom stereocenters. The summed E-state index contributed by atoms with van der Waals surface area (Å²) in [6.45, 7) is 3.77. The average Bonchev–Trinajstić information content (AvgIpc) is 2.90. The van der Waals surface area contributed by atoms with Gasteiger partial charge in [0.1, 0.15) is 5.82 Å². The Hall–Kier alpha value is -3.48. The van der Waals surface area contributed by atoms with Gasteiger partial charge in [-0.1, -0.05) is 12.1 Å². The number of benzene rings is 2. The van der Waals surface area contributed by atoms with E-state index in [2.05, 4.69) is 15.7 Å².